The Morgan fingerprint density at radius 2 is 1.87 bits per heavy atom. The molecule has 0 unspecified atom stereocenters. The monoisotopic (exact) mass is 747 g/mol. The molecule has 3 aromatic carbocycles. The lowest BCUT2D eigenvalue weighted by Gasteiger charge is -2.30. The maximum atomic E-state index is 14.5. The van der Waals surface area contributed by atoms with Gasteiger partial charge in [-0.3, -0.25) is 14.4 Å². The Hall–Kier alpha value is -5.11. The molecule has 3 aliphatic rings. The normalized spacial score (nSPS) is 25.6. The molecule has 1 saturated carbocycles. The Bertz CT molecular complexity index is 2010. The Morgan fingerprint density at radius 1 is 1.04 bits per heavy atom. The molecule has 2 aliphatic heterocycles. The minimum absolute atomic E-state index is 0.0340. The Morgan fingerprint density at radius 3 is 2.68 bits per heavy atom. The predicted octanol–water partition coefficient (Wildman–Crippen LogP) is 6.96. The third-order valence-corrected chi connectivity index (χ3v) is 10.9. The Labute approximate surface area is 308 Å². The number of hydrogen-bond acceptors (Lipinski definition) is 8. The molecule has 1 saturated heterocycles. The van der Waals surface area contributed by atoms with Crippen LogP contribution in [0.1, 0.15) is 56.1 Å². The van der Waals surface area contributed by atoms with Crippen LogP contribution in [0.4, 0.5) is 18.9 Å². The predicted molar refractivity (Wildman–Crippen MR) is 194 cm³/mol. The lowest BCUT2D eigenvalue weighted by atomic mass is 10.0. The second-order valence-electron chi connectivity index (χ2n) is 13.9. The highest BCUT2D eigenvalue weighted by atomic mass is 32.1. The molecule has 3 N–H and O–H groups in total. The topological polar surface area (TPSA) is 122 Å². The number of benzene rings is 3. The molecule has 3 amide bonds. The molecule has 4 aromatic rings. The molecular weight excluding hydrogens is 708 g/mol. The van der Waals surface area contributed by atoms with Crippen LogP contribution < -0.4 is 25.7 Å². The quantitative estimate of drug-likeness (QED) is 0.138. The number of amides is 3. The van der Waals surface area contributed by atoms with Gasteiger partial charge in [-0.1, -0.05) is 66.7 Å². The lowest BCUT2D eigenvalue weighted by Crippen LogP contribution is -2.57. The molecule has 0 bridgehead atoms. The summed E-state index contributed by atoms with van der Waals surface area (Å²) in [6.45, 7) is 2.02. The number of carbonyl (C=O) groups excluding carboxylic acids is 3. The van der Waals surface area contributed by atoms with Crippen LogP contribution in [0, 0.1) is 12.8 Å². The third kappa shape index (κ3) is 8.27. The minimum Gasteiger partial charge on any atom is -0.465 e. The maximum Gasteiger partial charge on any atom is 0.416 e. The molecule has 53 heavy (non-hydrogen) atoms. The zero-order valence-corrected chi connectivity index (χ0v) is 29.8. The molecule has 0 radical (unpaired) electrons. The lowest BCUT2D eigenvalue weighted by molar-refractivity contribution is -0.141. The smallest absolute Gasteiger partial charge is 0.416 e. The number of para-hydroxylation sites is 1. The molecule has 1 aliphatic carbocycles. The van der Waals surface area contributed by atoms with Gasteiger partial charge in [0.05, 0.1) is 22.3 Å². The number of allylic oxidation sites excluding steroid dienone is 1. The van der Waals surface area contributed by atoms with Crippen LogP contribution in [0.5, 0.6) is 10.9 Å². The summed E-state index contributed by atoms with van der Waals surface area (Å²) < 4.78 is 48.1. The fourth-order valence-electron chi connectivity index (χ4n) is 7.04. The average Bonchev–Trinajstić information content (AvgIpc) is 3.44. The summed E-state index contributed by atoms with van der Waals surface area (Å²) in [5.74, 6) is -1.38. The van der Waals surface area contributed by atoms with Crippen molar-refractivity contribution < 1.29 is 37.1 Å². The Kier molecular flexibility index (Phi) is 10.3. The summed E-state index contributed by atoms with van der Waals surface area (Å²) in [5.41, 5.74) is 2.34. The van der Waals surface area contributed by atoms with E-state index >= 15 is 0 Å². The van der Waals surface area contributed by atoms with Gasteiger partial charge in [-0.15, -0.1) is 0 Å². The van der Waals surface area contributed by atoms with Crippen LogP contribution in [0.25, 0.3) is 10.2 Å². The van der Waals surface area contributed by atoms with Crippen LogP contribution in [0.2, 0.25) is 0 Å². The second kappa shape index (κ2) is 15.1. The standard InChI is InChI=1S/C39H40F3N5O5S/c1-24-17-18-30-33(19-24)53-37(44-30)51-29-21-32-34(48)45-38(36(50)46-52-28-14-7-5-8-15-28)22-26(38)11-6-3-2-4-9-16-31(35(49)47(32)23-29)43-27-13-10-12-25(20-27)39(40,41)42/h5-8,10-15,17-20,26,29,31-32,43H,2-4,9,16,21-23H2,1H3,(H,45,48)(H,46,50)/b11-6-/t26-,29+,31-,32-,38+/m0/s1. The number of ether oxygens (including phenoxy) is 1. The van der Waals surface area contributed by atoms with Crippen molar-refractivity contribution in [3.8, 4) is 10.9 Å². The molecule has 14 heteroatoms. The zero-order chi connectivity index (χ0) is 37.2. The molecule has 3 heterocycles. The van der Waals surface area contributed by atoms with Gasteiger partial charge in [0.2, 0.25) is 11.8 Å². The Balaban J connectivity index is 1.17. The largest absolute Gasteiger partial charge is 0.465 e. The summed E-state index contributed by atoms with van der Waals surface area (Å²) in [6.07, 6.45) is 2.46. The minimum atomic E-state index is -4.56. The number of nitrogens with one attached hydrogen (secondary N) is 3. The fraction of sp³-hybridized carbons (Fsp3) is 0.385. The number of hydroxylamine groups is 1. The van der Waals surface area contributed by atoms with Crippen molar-refractivity contribution in [2.75, 3.05) is 11.9 Å². The first-order valence-electron chi connectivity index (χ1n) is 17.8. The van der Waals surface area contributed by atoms with Gasteiger partial charge in [-0.2, -0.15) is 18.7 Å². The van der Waals surface area contributed by atoms with Crippen molar-refractivity contribution >= 4 is 45.0 Å². The van der Waals surface area contributed by atoms with Gasteiger partial charge >= 0.3 is 6.18 Å². The van der Waals surface area contributed by atoms with E-state index in [1.807, 2.05) is 43.3 Å². The van der Waals surface area contributed by atoms with Crippen molar-refractivity contribution in [1.82, 2.24) is 20.7 Å². The summed E-state index contributed by atoms with van der Waals surface area (Å²) in [6, 6.07) is 17.4. The molecule has 5 atom stereocenters. The highest BCUT2D eigenvalue weighted by Gasteiger charge is 2.61. The van der Waals surface area contributed by atoms with E-state index < -0.39 is 53.2 Å². The number of thiazole rings is 1. The van der Waals surface area contributed by atoms with E-state index in [4.69, 9.17) is 9.57 Å². The number of fused-ring (bicyclic) bond motifs is 3. The van der Waals surface area contributed by atoms with E-state index in [9.17, 15) is 27.6 Å². The van der Waals surface area contributed by atoms with Gasteiger partial charge < -0.3 is 25.1 Å². The van der Waals surface area contributed by atoms with Crippen molar-refractivity contribution in [2.45, 2.75) is 81.8 Å². The maximum absolute atomic E-state index is 14.5. The van der Waals surface area contributed by atoms with Crippen molar-refractivity contribution in [2.24, 2.45) is 5.92 Å². The highest BCUT2D eigenvalue weighted by molar-refractivity contribution is 7.20. The zero-order valence-electron chi connectivity index (χ0n) is 29.0. The number of aryl methyl sites for hydroxylation is 1. The van der Waals surface area contributed by atoms with Crippen molar-refractivity contribution in [1.29, 1.82) is 0 Å². The number of carbonyl (C=O) groups is 3. The first-order chi connectivity index (χ1) is 25.5. The van der Waals surface area contributed by atoms with Gasteiger partial charge in [0, 0.05) is 18.0 Å². The number of aromatic nitrogens is 1. The second-order valence-corrected chi connectivity index (χ2v) is 14.9. The van der Waals surface area contributed by atoms with E-state index in [1.54, 1.807) is 24.3 Å². The van der Waals surface area contributed by atoms with E-state index in [0.717, 1.165) is 47.2 Å². The summed E-state index contributed by atoms with van der Waals surface area (Å²) in [7, 11) is 0. The van der Waals surface area contributed by atoms with Gasteiger partial charge in [0.15, 0.2) is 5.75 Å². The molecule has 1 aromatic heterocycles. The van der Waals surface area contributed by atoms with Gasteiger partial charge in [0.1, 0.15) is 23.7 Å². The van der Waals surface area contributed by atoms with E-state index in [0.29, 0.717) is 30.2 Å². The van der Waals surface area contributed by atoms with E-state index in [1.165, 1.54) is 28.4 Å². The van der Waals surface area contributed by atoms with E-state index in [-0.39, 0.29) is 24.6 Å². The van der Waals surface area contributed by atoms with Gasteiger partial charge in [-0.25, -0.2) is 4.98 Å². The summed E-state index contributed by atoms with van der Waals surface area (Å²) in [5, 5.41) is 6.43. The number of nitrogens with zero attached hydrogens (tertiary/aromatic N) is 2. The molecule has 7 rings (SSSR count). The van der Waals surface area contributed by atoms with Crippen molar-refractivity contribution in [3.63, 3.8) is 0 Å². The van der Waals surface area contributed by atoms with E-state index in [2.05, 4.69) is 21.1 Å². The number of hydrogen-bond donors (Lipinski definition) is 3. The fourth-order valence-corrected chi connectivity index (χ4v) is 8.02. The van der Waals surface area contributed by atoms with Gasteiger partial charge in [0.25, 0.3) is 11.1 Å². The molecule has 2 fully saturated rings. The molecular formula is C39H40F3N5O5S. The molecule has 0 spiro atoms. The average molecular weight is 748 g/mol. The van der Waals surface area contributed by atoms with Gasteiger partial charge in [-0.05, 0) is 80.6 Å². The molecule has 10 nitrogen and oxygen atoms in total. The third-order valence-electron chi connectivity index (χ3n) is 9.97. The van der Waals surface area contributed by atoms with Crippen LogP contribution in [-0.2, 0) is 20.6 Å². The summed E-state index contributed by atoms with van der Waals surface area (Å²) >= 11 is 1.36. The number of anilines is 1. The van der Waals surface area contributed by atoms with Crippen LogP contribution in [0.3, 0.4) is 0 Å². The SMILES string of the molecule is Cc1ccc2nc(O[C@@H]3C[C@H]4C(=O)N[C@]5(C(=O)NOc6ccccc6)C[C@@H]5/C=C\CCCCC[C@H](Nc5cccc(C(F)(F)F)c5)C(=O)N4C3)sc2c1. The highest BCUT2D eigenvalue weighted by Crippen LogP contribution is 2.46. The van der Waals surface area contributed by atoms with Crippen LogP contribution in [0.15, 0.2) is 84.9 Å². The number of rotatable bonds is 7. The first-order valence-corrected chi connectivity index (χ1v) is 18.6. The van der Waals surface area contributed by atoms with Crippen molar-refractivity contribution in [3.05, 3.63) is 96.1 Å². The molecule has 278 valence electrons. The summed E-state index contributed by atoms with van der Waals surface area (Å²) in [4.78, 5) is 54.2. The van der Waals surface area contributed by atoms with Crippen LogP contribution >= 0.6 is 11.3 Å². The number of halogens is 3. The number of alkyl halides is 3. The first kappa shape index (κ1) is 36.3. The van der Waals surface area contributed by atoms with Crippen LogP contribution in [-0.4, -0.2) is 57.9 Å².